The van der Waals surface area contributed by atoms with Crippen LogP contribution in [0.5, 0.6) is 0 Å². The molecule has 0 radical (unpaired) electrons. The molecule has 0 aromatic rings. The van der Waals surface area contributed by atoms with E-state index in [2.05, 4.69) is 16.6 Å². The Balaban J connectivity index is 2.52. The Kier molecular flexibility index (Phi) is 5.68. The van der Waals surface area contributed by atoms with Crippen molar-refractivity contribution in [1.29, 1.82) is 0 Å². The molecule has 2 amide bonds. The number of rotatable bonds is 5. The number of nitrogens with one attached hydrogen (secondary N) is 2. The zero-order valence-corrected chi connectivity index (χ0v) is 11.4. The number of hydrogen-bond donors (Lipinski definition) is 3. The van der Waals surface area contributed by atoms with Crippen LogP contribution in [-0.2, 0) is 4.79 Å². The van der Waals surface area contributed by atoms with Crippen LogP contribution in [0.4, 0.5) is 4.79 Å². The van der Waals surface area contributed by atoms with Crippen LogP contribution in [0.15, 0.2) is 0 Å². The minimum absolute atomic E-state index is 0.312. The van der Waals surface area contributed by atoms with Crippen LogP contribution in [0.25, 0.3) is 0 Å². The molecule has 0 spiro atoms. The van der Waals surface area contributed by atoms with E-state index in [1.165, 1.54) is 0 Å². The summed E-state index contributed by atoms with van der Waals surface area (Å²) >= 11 is 0. The molecule has 106 valence electrons. The van der Waals surface area contributed by atoms with Gasteiger partial charge in [0.15, 0.2) is 0 Å². The van der Waals surface area contributed by atoms with Gasteiger partial charge in [-0.1, -0.05) is 19.8 Å². The number of carboxylic acid groups (broad SMARTS) is 1. The molecule has 5 heteroatoms. The quantitative estimate of drug-likeness (QED) is 0.524. The molecule has 0 bridgehead atoms. The van der Waals surface area contributed by atoms with Crippen LogP contribution in [-0.4, -0.2) is 29.2 Å². The third-order valence-corrected chi connectivity index (χ3v) is 3.54. The van der Waals surface area contributed by atoms with Gasteiger partial charge >= 0.3 is 12.0 Å². The van der Waals surface area contributed by atoms with Crippen molar-refractivity contribution in [3.63, 3.8) is 0 Å². The maximum atomic E-state index is 11.8. The molecule has 2 atom stereocenters. The van der Waals surface area contributed by atoms with Crippen molar-refractivity contribution in [2.45, 2.75) is 51.0 Å². The lowest BCUT2D eigenvalue weighted by Crippen LogP contribution is -2.59. The van der Waals surface area contributed by atoms with Gasteiger partial charge in [0.1, 0.15) is 5.54 Å². The normalized spacial score (nSPS) is 26.2. The summed E-state index contributed by atoms with van der Waals surface area (Å²) in [7, 11) is 0. The number of carboxylic acids is 1. The minimum atomic E-state index is -1.12. The Labute approximate surface area is 114 Å². The molecule has 0 aromatic heterocycles. The van der Waals surface area contributed by atoms with E-state index < -0.39 is 17.5 Å². The van der Waals surface area contributed by atoms with Gasteiger partial charge in [-0.3, -0.25) is 0 Å². The maximum Gasteiger partial charge on any atom is 0.329 e. The second-order valence-electron chi connectivity index (χ2n) is 5.28. The fraction of sp³-hybridized carbons (Fsp3) is 0.714. The summed E-state index contributed by atoms with van der Waals surface area (Å²) in [4.78, 5) is 23.2. The zero-order chi connectivity index (χ0) is 14.3. The average Bonchev–Trinajstić information content (AvgIpc) is 2.34. The minimum Gasteiger partial charge on any atom is -0.480 e. The van der Waals surface area contributed by atoms with E-state index >= 15 is 0 Å². The monoisotopic (exact) mass is 266 g/mol. The molecule has 1 fully saturated rings. The van der Waals surface area contributed by atoms with Crippen LogP contribution in [0.1, 0.15) is 45.4 Å². The highest BCUT2D eigenvalue weighted by Gasteiger charge is 2.43. The van der Waals surface area contributed by atoms with Crippen molar-refractivity contribution >= 4 is 12.0 Å². The molecule has 0 heterocycles. The molecular formula is C14H22N2O3. The Morgan fingerprint density at radius 3 is 2.84 bits per heavy atom. The van der Waals surface area contributed by atoms with E-state index in [1.807, 2.05) is 6.92 Å². The molecule has 3 N–H and O–H groups in total. The molecule has 2 unspecified atom stereocenters. The van der Waals surface area contributed by atoms with E-state index in [9.17, 15) is 14.7 Å². The lowest BCUT2D eigenvalue weighted by atomic mass is 9.76. The van der Waals surface area contributed by atoms with Gasteiger partial charge in [-0.05, 0) is 25.2 Å². The van der Waals surface area contributed by atoms with E-state index in [0.717, 1.165) is 12.8 Å². The van der Waals surface area contributed by atoms with Gasteiger partial charge in [-0.2, -0.15) is 0 Å². The summed E-state index contributed by atoms with van der Waals surface area (Å²) in [5, 5.41) is 14.7. The Hall–Kier alpha value is -1.70. The van der Waals surface area contributed by atoms with Crippen LogP contribution >= 0.6 is 0 Å². The highest BCUT2D eigenvalue weighted by molar-refractivity contribution is 5.86. The predicted octanol–water partition coefficient (Wildman–Crippen LogP) is 1.73. The summed E-state index contributed by atoms with van der Waals surface area (Å²) in [5.41, 5.74) is -1.12. The van der Waals surface area contributed by atoms with E-state index in [1.54, 1.807) is 0 Å². The number of carbonyl (C=O) groups excluding carboxylic acids is 1. The smallest absolute Gasteiger partial charge is 0.329 e. The van der Waals surface area contributed by atoms with E-state index in [0.29, 0.717) is 38.1 Å². The third kappa shape index (κ3) is 4.47. The topological polar surface area (TPSA) is 78.4 Å². The number of aliphatic carboxylic acids is 1. The van der Waals surface area contributed by atoms with Crippen molar-refractivity contribution in [1.82, 2.24) is 10.6 Å². The summed E-state index contributed by atoms with van der Waals surface area (Å²) < 4.78 is 0. The van der Waals surface area contributed by atoms with Gasteiger partial charge in [-0.25, -0.2) is 9.59 Å². The molecule has 0 aliphatic heterocycles. The molecular weight excluding hydrogens is 244 g/mol. The van der Waals surface area contributed by atoms with Crippen LogP contribution < -0.4 is 10.6 Å². The molecule has 0 saturated heterocycles. The number of hydrogen-bond acceptors (Lipinski definition) is 2. The Morgan fingerprint density at radius 2 is 2.26 bits per heavy atom. The Morgan fingerprint density at radius 1 is 1.53 bits per heavy atom. The second kappa shape index (κ2) is 7.03. The number of urea groups is 1. The molecule has 1 aliphatic carbocycles. The third-order valence-electron chi connectivity index (χ3n) is 3.54. The zero-order valence-electron chi connectivity index (χ0n) is 11.4. The summed E-state index contributed by atoms with van der Waals surface area (Å²) in [6.07, 6.45) is 9.22. The number of amides is 2. The summed E-state index contributed by atoms with van der Waals surface area (Å²) in [5.74, 6) is 1.85. The molecule has 1 rings (SSSR count). The second-order valence-corrected chi connectivity index (χ2v) is 5.28. The van der Waals surface area contributed by atoms with Gasteiger partial charge in [0.2, 0.25) is 0 Å². The number of unbranched alkanes of at least 4 members (excludes halogenated alkanes) is 1. The summed E-state index contributed by atoms with van der Waals surface area (Å²) in [6, 6.07) is -0.423. The lowest BCUT2D eigenvalue weighted by molar-refractivity contribution is -0.146. The first-order chi connectivity index (χ1) is 9.00. The predicted molar refractivity (Wildman–Crippen MR) is 72.6 cm³/mol. The van der Waals surface area contributed by atoms with Crippen LogP contribution in [0, 0.1) is 18.3 Å². The van der Waals surface area contributed by atoms with E-state index in [4.69, 9.17) is 6.42 Å². The first-order valence-electron chi connectivity index (χ1n) is 6.73. The fourth-order valence-electron chi connectivity index (χ4n) is 2.57. The van der Waals surface area contributed by atoms with Crippen molar-refractivity contribution in [3.8, 4) is 12.3 Å². The van der Waals surface area contributed by atoms with Crippen LogP contribution in [0.3, 0.4) is 0 Å². The van der Waals surface area contributed by atoms with Gasteiger partial charge in [0.25, 0.3) is 0 Å². The maximum absolute atomic E-state index is 11.8. The number of carbonyl (C=O) groups is 2. The molecule has 5 nitrogen and oxygen atoms in total. The Bertz CT molecular complexity index is 375. The summed E-state index contributed by atoms with van der Waals surface area (Å²) in [6.45, 7) is 2.48. The van der Waals surface area contributed by atoms with Gasteiger partial charge < -0.3 is 15.7 Å². The fourth-order valence-corrected chi connectivity index (χ4v) is 2.57. The highest BCUT2D eigenvalue weighted by Crippen LogP contribution is 2.32. The highest BCUT2D eigenvalue weighted by atomic mass is 16.4. The van der Waals surface area contributed by atoms with E-state index in [-0.39, 0.29) is 0 Å². The van der Waals surface area contributed by atoms with Gasteiger partial charge in [0.05, 0.1) is 0 Å². The number of terminal acetylenes is 1. The average molecular weight is 266 g/mol. The van der Waals surface area contributed by atoms with Crippen molar-refractivity contribution < 1.29 is 14.7 Å². The van der Waals surface area contributed by atoms with Crippen LogP contribution in [0.2, 0.25) is 0 Å². The molecule has 0 aromatic carbocycles. The molecule has 1 aliphatic rings. The van der Waals surface area contributed by atoms with Crippen molar-refractivity contribution in [3.05, 3.63) is 0 Å². The lowest BCUT2D eigenvalue weighted by Gasteiger charge is -2.37. The van der Waals surface area contributed by atoms with Crippen molar-refractivity contribution in [2.75, 3.05) is 6.54 Å². The SMILES string of the molecule is C#CCCCNC(=O)NC1(C(=O)O)CCCC(C)C1. The van der Waals surface area contributed by atoms with Gasteiger partial charge in [0, 0.05) is 13.0 Å². The first-order valence-corrected chi connectivity index (χ1v) is 6.73. The first kappa shape index (κ1) is 15.4. The molecule has 19 heavy (non-hydrogen) atoms. The molecule has 1 saturated carbocycles. The van der Waals surface area contributed by atoms with Crippen molar-refractivity contribution in [2.24, 2.45) is 5.92 Å². The largest absolute Gasteiger partial charge is 0.480 e. The standard InChI is InChI=1S/C14H22N2O3/c1-3-4-5-9-15-13(19)16-14(12(17)18)8-6-7-11(2)10-14/h1,11H,4-10H2,2H3,(H,17,18)(H2,15,16,19). The van der Waals surface area contributed by atoms with Gasteiger partial charge in [-0.15, -0.1) is 12.3 Å².